The van der Waals surface area contributed by atoms with Gasteiger partial charge in [0.15, 0.2) is 0 Å². The van der Waals surface area contributed by atoms with E-state index >= 15 is 0 Å². The minimum Gasteiger partial charge on any atom is -0.496 e. The summed E-state index contributed by atoms with van der Waals surface area (Å²) in [5.74, 6) is 0.761. The minimum atomic E-state index is -0.194. The molecule has 37 heavy (non-hydrogen) atoms. The van der Waals surface area contributed by atoms with Gasteiger partial charge in [-0.2, -0.15) is 0 Å². The highest BCUT2D eigenvalue weighted by atomic mass is 32.2. The van der Waals surface area contributed by atoms with Crippen LogP contribution < -0.4 is 15.4 Å². The second-order valence-electron chi connectivity index (χ2n) is 9.27. The van der Waals surface area contributed by atoms with Crippen LogP contribution in [0.25, 0.3) is 11.1 Å². The molecule has 1 aliphatic rings. The van der Waals surface area contributed by atoms with Gasteiger partial charge in [-0.3, -0.25) is 9.59 Å². The average molecular weight is 518 g/mol. The number of amides is 2. The molecular formula is C30H35N3O3S. The molecule has 3 aromatic rings. The lowest BCUT2D eigenvalue weighted by Crippen LogP contribution is -2.51. The Hall–Kier alpha value is -3.29. The van der Waals surface area contributed by atoms with Crippen LogP contribution >= 0.6 is 11.8 Å². The van der Waals surface area contributed by atoms with E-state index in [4.69, 9.17) is 4.74 Å². The van der Waals surface area contributed by atoms with Crippen molar-refractivity contribution in [3.8, 4) is 16.9 Å². The highest BCUT2D eigenvalue weighted by Gasteiger charge is 2.32. The smallest absolute Gasteiger partial charge is 0.241 e. The summed E-state index contributed by atoms with van der Waals surface area (Å²) >= 11 is 1.75. The fourth-order valence-corrected chi connectivity index (χ4v) is 5.60. The monoisotopic (exact) mass is 517 g/mol. The maximum Gasteiger partial charge on any atom is 0.241 e. The lowest BCUT2D eigenvalue weighted by Gasteiger charge is -2.39. The number of methoxy groups -OCH3 is 1. The van der Waals surface area contributed by atoms with E-state index in [0.29, 0.717) is 19.6 Å². The molecule has 1 fully saturated rings. The molecule has 6 nitrogen and oxygen atoms in total. The van der Waals surface area contributed by atoms with Crippen molar-refractivity contribution >= 4 is 23.6 Å². The van der Waals surface area contributed by atoms with Gasteiger partial charge in [0.05, 0.1) is 13.7 Å². The zero-order chi connectivity index (χ0) is 26.2. The number of likely N-dealkylation sites (tertiary alicyclic amines) is 1. The van der Waals surface area contributed by atoms with Crippen LogP contribution in [-0.2, 0) is 16.1 Å². The summed E-state index contributed by atoms with van der Waals surface area (Å²) in [6.07, 6.45) is 2.92. The Balaban J connectivity index is 1.53. The Kier molecular flexibility index (Phi) is 9.25. The number of nitrogens with zero attached hydrogens (tertiary/aromatic N) is 1. The molecule has 4 rings (SSSR count). The lowest BCUT2D eigenvalue weighted by molar-refractivity contribution is -0.133. The minimum absolute atomic E-state index is 0.0381. The van der Waals surface area contributed by atoms with E-state index in [1.807, 2.05) is 29.2 Å². The van der Waals surface area contributed by atoms with Crippen molar-refractivity contribution in [2.24, 2.45) is 0 Å². The number of hydrogen-bond acceptors (Lipinski definition) is 5. The Morgan fingerprint density at radius 2 is 1.81 bits per heavy atom. The fourth-order valence-electron chi connectivity index (χ4n) is 4.98. The number of carbonyl (C=O) groups excluding carboxylic acids is 2. The molecule has 0 radical (unpaired) electrons. The highest BCUT2D eigenvalue weighted by molar-refractivity contribution is 7.98. The van der Waals surface area contributed by atoms with Crippen molar-refractivity contribution in [1.29, 1.82) is 0 Å². The second kappa shape index (κ2) is 12.8. The maximum atomic E-state index is 12.7. The van der Waals surface area contributed by atoms with Crippen molar-refractivity contribution in [3.05, 3.63) is 83.9 Å². The molecule has 1 heterocycles. The first-order valence-electron chi connectivity index (χ1n) is 12.6. The molecule has 1 aliphatic heterocycles. The van der Waals surface area contributed by atoms with Gasteiger partial charge in [0.2, 0.25) is 11.8 Å². The molecule has 0 aliphatic carbocycles. The summed E-state index contributed by atoms with van der Waals surface area (Å²) in [6, 6.07) is 25.4. The van der Waals surface area contributed by atoms with Gasteiger partial charge in [0, 0.05) is 49.0 Å². The highest BCUT2D eigenvalue weighted by Crippen LogP contribution is 2.34. The third kappa shape index (κ3) is 6.73. The number of ether oxygens (including phenoxy) is 1. The first kappa shape index (κ1) is 26.8. The van der Waals surface area contributed by atoms with Crippen molar-refractivity contribution in [2.45, 2.75) is 36.7 Å². The van der Waals surface area contributed by atoms with Crippen LogP contribution in [0.5, 0.6) is 5.75 Å². The van der Waals surface area contributed by atoms with E-state index in [-0.39, 0.29) is 30.3 Å². The third-order valence-electron chi connectivity index (χ3n) is 6.93. The molecule has 2 amide bonds. The molecule has 0 aromatic heterocycles. The summed E-state index contributed by atoms with van der Waals surface area (Å²) in [5, 5.41) is 6.42. The summed E-state index contributed by atoms with van der Waals surface area (Å²) in [4.78, 5) is 27.1. The summed E-state index contributed by atoms with van der Waals surface area (Å²) in [6.45, 7) is 3.39. The van der Waals surface area contributed by atoms with E-state index in [9.17, 15) is 9.59 Å². The van der Waals surface area contributed by atoms with Gasteiger partial charge in [0.1, 0.15) is 5.75 Å². The molecule has 194 valence electrons. The number of thioether (sulfide) groups is 1. The largest absolute Gasteiger partial charge is 0.496 e. The first-order valence-corrected chi connectivity index (χ1v) is 13.8. The molecule has 7 heteroatoms. The zero-order valence-corrected chi connectivity index (χ0v) is 22.5. The zero-order valence-electron chi connectivity index (χ0n) is 21.7. The maximum absolute atomic E-state index is 12.7. The van der Waals surface area contributed by atoms with Gasteiger partial charge >= 0.3 is 0 Å². The Labute approximate surface area is 223 Å². The van der Waals surface area contributed by atoms with Gasteiger partial charge in [-0.05, 0) is 47.6 Å². The molecule has 0 bridgehead atoms. The molecule has 0 spiro atoms. The molecule has 2 unspecified atom stereocenters. The van der Waals surface area contributed by atoms with Crippen LogP contribution in [0.2, 0.25) is 0 Å². The molecular weight excluding hydrogens is 482 g/mol. The van der Waals surface area contributed by atoms with Gasteiger partial charge < -0.3 is 20.3 Å². The number of carbonyl (C=O) groups is 2. The van der Waals surface area contributed by atoms with Crippen LogP contribution in [0, 0.1) is 0 Å². The predicted octanol–water partition coefficient (Wildman–Crippen LogP) is 4.69. The quantitative estimate of drug-likeness (QED) is 0.403. The van der Waals surface area contributed by atoms with E-state index in [0.717, 1.165) is 17.7 Å². The lowest BCUT2D eigenvalue weighted by atomic mass is 9.85. The second-order valence-corrected chi connectivity index (χ2v) is 10.1. The number of nitrogens with one attached hydrogen (secondary N) is 2. The van der Waals surface area contributed by atoms with E-state index in [1.54, 1.807) is 18.9 Å². The summed E-state index contributed by atoms with van der Waals surface area (Å²) < 4.78 is 5.71. The topological polar surface area (TPSA) is 70.7 Å². The van der Waals surface area contributed by atoms with E-state index < -0.39 is 0 Å². The number of benzene rings is 3. The standard InChI is InChI=1S/C30H35N3O3S/c1-21(34)31-19-30(35)33-16-15-27(26(20-33)22-9-5-4-6-10-22)32-18-24-17-23(13-14-28(24)36-2)25-11-7-8-12-29(25)37-3/h4-14,17,26-27,32H,15-16,18-20H2,1-3H3,(H,31,34). The SMILES string of the molecule is COc1ccc(-c2ccccc2SC)cc1CNC1CCN(C(=O)CNC(C)=O)CC1c1ccccc1. The van der Waals surface area contributed by atoms with Crippen molar-refractivity contribution < 1.29 is 14.3 Å². The van der Waals surface area contributed by atoms with Crippen LogP contribution in [-0.4, -0.2) is 55.8 Å². The third-order valence-corrected chi connectivity index (χ3v) is 7.73. The van der Waals surface area contributed by atoms with Gasteiger partial charge in [0.25, 0.3) is 0 Å². The van der Waals surface area contributed by atoms with Gasteiger partial charge in [-0.1, -0.05) is 54.6 Å². The van der Waals surface area contributed by atoms with Crippen molar-refractivity contribution in [1.82, 2.24) is 15.5 Å². The Bertz CT molecular complexity index is 1220. The normalized spacial score (nSPS) is 17.3. The predicted molar refractivity (Wildman–Crippen MR) is 150 cm³/mol. The Morgan fingerprint density at radius 3 is 2.54 bits per heavy atom. The van der Waals surface area contributed by atoms with Gasteiger partial charge in [-0.25, -0.2) is 0 Å². The molecule has 0 saturated carbocycles. The van der Waals surface area contributed by atoms with E-state index in [1.165, 1.54) is 28.5 Å². The number of rotatable bonds is 9. The molecule has 1 saturated heterocycles. The summed E-state index contributed by atoms with van der Waals surface area (Å²) in [5.41, 5.74) is 4.69. The molecule has 2 atom stereocenters. The van der Waals surface area contributed by atoms with Crippen LogP contribution in [0.15, 0.2) is 77.7 Å². The van der Waals surface area contributed by atoms with Crippen LogP contribution in [0.4, 0.5) is 0 Å². The van der Waals surface area contributed by atoms with Crippen molar-refractivity contribution in [2.75, 3.05) is 33.0 Å². The molecule has 3 aromatic carbocycles. The number of piperidine rings is 1. The van der Waals surface area contributed by atoms with E-state index in [2.05, 4.69) is 65.4 Å². The average Bonchev–Trinajstić information content (AvgIpc) is 2.95. The van der Waals surface area contributed by atoms with Crippen LogP contribution in [0.1, 0.15) is 30.4 Å². The fraction of sp³-hybridized carbons (Fsp3) is 0.333. The number of hydrogen-bond donors (Lipinski definition) is 2. The molecule has 2 N–H and O–H groups in total. The van der Waals surface area contributed by atoms with Crippen LogP contribution in [0.3, 0.4) is 0 Å². The van der Waals surface area contributed by atoms with Gasteiger partial charge in [-0.15, -0.1) is 11.8 Å². The van der Waals surface area contributed by atoms with Crippen molar-refractivity contribution in [3.63, 3.8) is 0 Å². The first-order chi connectivity index (χ1) is 18.0. The summed E-state index contributed by atoms with van der Waals surface area (Å²) in [7, 11) is 1.71. The Morgan fingerprint density at radius 1 is 1.05 bits per heavy atom.